The first kappa shape index (κ1) is 26.9. The molecule has 0 spiro atoms. The first-order valence-electron chi connectivity index (χ1n) is 11.5. The maximum Gasteiger partial charge on any atom is 0.338 e. The highest BCUT2D eigenvalue weighted by molar-refractivity contribution is 6.14. The summed E-state index contributed by atoms with van der Waals surface area (Å²) in [5.74, 6) is -0.309. The molecule has 12 nitrogen and oxygen atoms in total. The first-order chi connectivity index (χ1) is 16.5. The molecule has 1 aliphatic heterocycles. The number of nitrogens with one attached hydrogen (secondary N) is 2. The molecular weight excluding hydrogens is 457 g/mol. The number of ether oxygens (including phenoxy) is 2. The first-order valence-corrected chi connectivity index (χ1v) is 11.5. The Bertz CT molecular complexity index is 941. The number of hydrazine groups is 1. The van der Waals surface area contributed by atoms with Gasteiger partial charge in [0.1, 0.15) is 25.5 Å². The summed E-state index contributed by atoms with van der Waals surface area (Å²) in [6.07, 6.45) is 0.301. The molecular formula is C22H32BN5O7. The van der Waals surface area contributed by atoms with Gasteiger partial charge in [-0.2, -0.15) is 5.10 Å². The van der Waals surface area contributed by atoms with E-state index in [2.05, 4.69) is 16.0 Å². The monoisotopic (exact) mass is 489 g/mol. The minimum absolute atomic E-state index is 0.0373. The average Bonchev–Trinajstić information content (AvgIpc) is 2.79. The average molecular weight is 489 g/mol. The van der Waals surface area contributed by atoms with Gasteiger partial charge < -0.3 is 35.8 Å². The molecule has 9 N–H and O–H groups in total. The van der Waals surface area contributed by atoms with Crippen molar-refractivity contribution in [3.05, 3.63) is 29.8 Å². The van der Waals surface area contributed by atoms with Crippen LogP contribution in [0.2, 0.25) is 0 Å². The van der Waals surface area contributed by atoms with Gasteiger partial charge in [-0.25, -0.2) is 21.0 Å². The number of hydrazone groups is 1. The highest BCUT2D eigenvalue weighted by Crippen LogP contribution is 2.49. The zero-order valence-electron chi connectivity index (χ0n) is 19.5. The fourth-order valence-electron chi connectivity index (χ4n) is 5.02. The van der Waals surface area contributed by atoms with Gasteiger partial charge in [0.15, 0.2) is 5.79 Å². The third kappa shape index (κ3) is 6.11. The molecule has 1 aliphatic carbocycles. The van der Waals surface area contributed by atoms with Gasteiger partial charge >= 0.3 is 11.9 Å². The zero-order chi connectivity index (χ0) is 25.8. The number of benzene rings is 1. The topological polar surface area (TPSA) is 202 Å². The Labute approximate surface area is 204 Å². The number of nitrogens with zero attached hydrogens (tertiary/aromatic N) is 1. The summed E-state index contributed by atoms with van der Waals surface area (Å²) in [5, 5.41) is 39.7. The SMILES string of the molecule is [B]C1(O)CC2CNC(C(=O)Oc3ccc(C(=O)OCC)cc3)CC2C(O)(O)C1CC/C(N)=N/NN. The number of esters is 2. The van der Waals surface area contributed by atoms with Crippen LogP contribution in [0.15, 0.2) is 29.4 Å². The van der Waals surface area contributed by atoms with Crippen molar-refractivity contribution in [1.29, 1.82) is 0 Å². The van der Waals surface area contributed by atoms with Crippen molar-refractivity contribution in [1.82, 2.24) is 10.9 Å². The number of carbonyl (C=O) groups excluding carboxylic acids is 2. The number of rotatable bonds is 8. The molecule has 35 heavy (non-hydrogen) atoms. The molecule has 2 radical (unpaired) electrons. The second-order valence-corrected chi connectivity index (χ2v) is 9.03. The van der Waals surface area contributed by atoms with E-state index >= 15 is 0 Å². The van der Waals surface area contributed by atoms with Crippen molar-refractivity contribution in [2.75, 3.05) is 13.2 Å². The molecule has 13 heteroatoms. The van der Waals surface area contributed by atoms with Crippen LogP contribution in [-0.4, -0.2) is 71.4 Å². The van der Waals surface area contributed by atoms with Gasteiger partial charge in [0, 0.05) is 23.8 Å². The standard InChI is InChI=1S/C22H32BN5O7/c1-2-34-19(29)12-3-5-14(6-4-12)35-20(30)16-9-15-13(11-26-16)10-21(23,31)17(22(15,32)33)7-8-18(24)27-28-25/h3-6,13,15-17,26,28,31-33H,2,7-11,25H2,1H3,(H2,24,27). The Morgan fingerprint density at radius 3 is 2.60 bits per heavy atom. The third-order valence-electron chi connectivity index (χ3n) is 6.70. The van der Waals surface area contributed by atoms with Gasteiger partial charge in [-0.3, -0.25) is 0 Å². The minimum Gasteiger partial charge on any atom is -0.462 e. The molecule has 3 rings (SSSR count). The molecule has 1 heterocycles. The van der Waals surface area contributed by atoms with Gasteiger partial charge in [-0.15, -0.1) is 0 Å². The maximum atomic E-state index is 12.8. The molecule has 0 aromatic heterocycles. The lowest BCUT2D eigenvalue weighted by Crippen LogP contribution is -2.67. The van der Waals surface area contributed by atoms with Crippen molar-refractivity contribution < 1.29 is 34.4 Å². The van der Waals surface area contributed by atoms with Gasteiger partial charge in [-0.05, 0) is 62.9 Å². The second-order valence-electron chi connectivity index (χ2n) is 9.03. The van der Waals surface area contributed by atoms with Gasteiger partial charge in [0.05, 0.1) is 12.2 Å². The Hall–Kier alpha value is -2.71. The summed E-state index contributed by atoms with van der Waals surface area (Å²) in [6, 6.07) is 5.11. The Balaban J connectivity index is 1.68. The third-order valence-corrected chi connectivity index (χ3v) is 6.70. The molecule has 1 aromatic rings. The van der Waals surface area contributed by atoms with Gasteiger partial charge in [-0.1, -0.05) is 0 Å². The van der Waals surface area contributed by atoms with E-state index in [0.29, 0.717) is 5.56 Å². The summed E-state index contributed by atoms with van der Waals surface area (Å²) in [5.41, 5.74) is 6.23. The lowest BCUT2D eigenvalue weighted by Gasteiger charge is -2.56. The van der Waals surface area contributed by atoms with Gasteiger partial charge in [0.25, 0.3) is 0 Å². The summed E-state index contributed by atoms with van der Waals surface area (Å²) in [6.45, 7) is 2.17. The van der Waals surface area contributed by atoms with Crippen LogP contribution in [-0.2, 0) is 9.53 Å². The minimum atomic E-state index is -2.37. The number of aliphatic hydroxyl groups is 3. The van der Waals surface area contributed by atoms with E-state index in [9.17, 15) is 24.9 Å². The van der Waals surface area contributed by atoms with Crippen molar-refractivity contribution in [3.63, 3.8) is 0 Å². The fourth-order valence-corrected chi connectivity index (χ4v) is 5.02. The van der Waals surface area contributed by atoms with E-state index in [1.807, 2.05) is 0 Å². The second kappa shape index (κ2) is 10.9. The molecule has 0 bridgehead atoms. The van der Waals surface area contributed by atoms with E-state index in [4.69, 9.17) is 28.9 Å². The van der Waals surface area contributed by atoms with Crippen LogP contribution >= 0.6 is 0 Å². The van der Waals surface area contributed by atoms with Crippen LogP contribution in [0.4, 0.5) is 0 Å². The summed E-state index contributed by atoms with van der Waals surface area (Å²) < 4.78 is 10.4. The molecule has 5 unspecified atom stereocenters. The Kier molecular flexibility index (Phi) is 8.39. The molecule has 2 fully saturated rings. The molecule has 1 aromatic carbocycles. The van der Waals surface area contributed by atoms with E-state index in [1.54, 1.807) is 6.92 Å². The highest BCUT2D eigenvalue weighted by Gasteiger charge is 2.59. The van der Waals surface area contributed by atoms with Crippen LogP contribution in [0.3, 0.4) is 0 Å². The largest absolute Gasteiger partial charge is 0.462 e. The fraction of sp³-hybridized carbons (Fsp3) is 0.591. The van der Waals surface area contributed by atoms with Crippen LogP contribution < -0.4 is 27.2 Å². The summed E-state index contributed by atoms with van der Waals surface area (Å²) in [4.78, 5) is 24.6. The van der Waals surface area contributed by atoms with E-state index in [-0.39, 0.29) is 56.3 Å². The Morgan fingerprint density at radius 1 is 1.29 bits per heavy atom. The summed E-state index contributed by atoms with van der Waals surface area (Å²) in [7, 11) is 6.08. The summed E-state index contributed by atoms with van der Waals surface area (Å²) >= 11 is 0. The molecule has 2 aliphatic rings. The smallest absolute Gasteiger partial charge is 0.338 e. The maximum absolute atomic E-state index is 12.8. The number of fused-ring (bicyclic) bond motifs is 1. The van der Waals surface area contributed by atoms with Crippen LogP contribution in [0.1, 0.15) is 43.0 Å². The quantitative estimate of drug-likeness (QED) is 0.0325. The number of carbonyl (C=O) groups is 2. The zero-order valence-corrected chi connectivity index (χ0v) is 19.5. The number of hydrogen-bond acceptors (Lipinski definition) is 11. The number of hydrogen-bond donors (Lipinski definition) is 7. The lowest BCUT2D eigenvalue weighted by molar-refractivity contribution is -0.299. The van der Waals surface area contributed by atoms with Gasteiger partial charge in [0.2, 0.25) is 0 Å². The van der Waals surface area contributed by atoms with Crippen molar-refractivity contribution in [2.45, 2.75) is 49.9 Å². The van der Waals surface area contributed by atoms with Crippen molar-refractivity contribution >= 4 is 25.6 Å². The molecule has 190 valence electrons. The predicted molar refractivity (Wildman–Crippen MR) is 126 cm³/mol. The predicted octanol–water partition coefficient (Wildman–Crippen LogP) is -1.56. The van der Waals surface area contributed by atoms with Crippen molar-refractivity contribution in [2.24, 2.45) is 34.4 Å². The molecule has 0 amide bonds. The molecule has 1 saturated heterocycles. The van der Waals surface area contributed by atoms with Crippen LogP contribution in [0, 0.1) is 17.8 Å². The van der Waals surface area contributed by atoms with Crippen LogP contribution in [0.5, 0.6) is 5.75 Å². The normalized spacial score (nSPS) is 30.1. The van der Waals surface area contributed by atoms with E-state index in [1.165, 1.54) is 24.3 Å². The lowest BCUT2D eigenvalue weighted by atomic mass is 9.52. The van der Waals surface area contributed by atoms with E-state index < -0.39 is 41.1 Å². The highest BCUT2D eigenvalue weighted by atomic mass is 16.5. The van der Waals surface area contributed by atoms with E-state index in [0.717, 1.165) is 0 Å². The Morgan fingerprint density at radius 2 is 1.97 bits per heavy atom. The number of amidine groups is 1. The molecule has 5 atom stereocenters. The number of nitrogens with two attached hydrogens (primary N) is 2. The van der Waals surface area contributed by atoms with Crippen LogP contribution in [0.25, 0.3) is 0 Å². The molecule has 1 saturated carbocycles. The van der Waals surface area contributed by atoms with Crippen molar-refractivity contribution in [3.8, 4) is 5.75 Å². The number of piperidine rings is 1.